The van der Waals surface area contributed by atoms with Crippen LogP contribution in [-0.4, -0.2) is 15.0 Å². The number of benzene rings is 6. The Morgan fingerprint density at radius 1 is 0.349 bits per heavy atom. The first kappa shape index (κ1) is 24.9. The molecule has 0 amide bonds. The molecule has 0 unspecified atom stereocenters. The molecule has 4 heteroatoms. The Morgan fingerprint density at radius 3 is 1.49 bits per heavy atom. The second-order valence-electron chi connectivity index (χ2n) is 10.4. The second-order valence-corrected chi connectivity index (χ2v) is 10.4. The average molecular weight is 552 g/mol. The first-order valence-corrected chi connectivity index (χ1v) is 14.3. The van der Waals surface area contributed by atoms with Crippen LogP contribution in [0, 0.1) is 0 Å². The van der Waals surface area contributed by atoms with Crippen molar-refractivity contribution in [1.82, 2.24) is 15.0 Å². The van der Waals surface area contributed by atoms with E-state index in [1.807, 2.05) is 72.8 Å². The van der Waals surface area contributed by atoms with E-state index in [0.29, 0.717) is 17.5 Å². The molecule has 2 heterocycles. The van der Waals surface area contributed by atoms with Gasteiger partial charge in [0, 0.05) is 33.0 Å². The van der Waals surface area contributed by atoms with Gasteiger partial charge in [-0.1, -0.05) is 133 Å². The number of fused-ring (bicyclic) bond motifs is 3. The average Bonchev–Trinajstić information content (AvgIpc) is 3.49. The summed E-state index contributed by atoms with van der Waals surface area (Å²) >= 11 is 0. The molecule has 2 aromatic heterocycles. The SMILES string of the molecule is c1ccc(-c2ccc(-c3nc(-c4ccccc4)nc(-c4ccc(-c5ccccc5)c5oc6ccccc6c45)n3)cc2)cc1. The molecular formula is C39H25N3O. The van der Waals surface area contributed by atoms with E-state index in [0.717, 1.165) is 55.3 Å². The largest absolute Gasteiger partial charge is 0.455 e. The van der Waals surface area contributed by atoms with Crippen LogP contribution >= 0.6 is 0 Å². The number of hydrogen-bond acceptors (Lipinski definition) is 4. The van der Waals surface area contributed by atoms with Crippen LogP contribution in [0.2, 0.25) is 0 Å². The molecule has 8 rings (SSSR count). The van der Waals surface area contributed by atoms with Gasteiger partial charge in [0.15, 0.2) is 17.5 Å². The summed E-state index contributed by atoms with van der Waals surface area (Å²) in [7, 11) is 0. The molecular weight excluding hydrogens is 526 g/mol. The Bertz CT molecular complexity index is 2210. The summed E-state index contributed by atoms with van der Waals surface area (Å²) in [6, 6.07) is 51.5. The maximum atomic E-state index is 6.51. The van der Waals surface area contributed by atoms with Crippen LogP contribution < -0.4 is 0 Å². The fourth-order valence-electron chi connectivity index (χ4n) is 5.64. The molecule has 0 saturated carbocycles. The lowest BCUT2D eigenvalue weighted by molar-refractivity contribution is 0.670. The summed E-state index contributed by atoms with van der Waals surface area (Å²) in [5.74, 6) is 1.85. The number of nitrogens with zero attached hydrogens (tertiary/aromatic N) is 3. The summed E-state index contributed by atoms with van der Waals surface area (Å²) in [6.45, 7) is 0. The maximum Gasteiger partial charge on any atom is 0.164 e. The monoisotopic (exact) mass is 551 g/mol. The Morgan fingerprint density at radius 2 is 0.814 bits per heavy atom. The van der Waals surface area contributed by atoms with Gasteiger partial charge in [0.2, 0.25) is 0 Å². The summed E-state index contributed by atoms with van der Waals surface area (Å²) < 4.78 is 6.51. The van der Waals surface area contributed by atoms with Crippen molar-refractivity contribution in [3.63, 3.8) is 0 Å². The van der Waals surface area contributed by atoms with E-state index < -0.39 is 0 Å². The van der Waals surface area contributed by atoms with E-state index in [4.69, 9.17) is 19.4 Å². The van der Waals surface area contributed by atoms with Gasteiger partial charge in [-0.25, -0.2) is 15.0 Å². The summed E-state index contributed by atoms with van der Waals surface area (Å²) in [4.78, 5) is 15.1. The summed E-state index contributed by atoms with van der Waals surface area (Å²) in [5, 5.41) is 2.02. The zero-order valence-corrected chi connectivity index (χ0v) is 23.2. The fraction of sp³-hybridized carbons (Fsp3) is 0. The van der Waals surface area contributed by atoms with Gasteiger partial charge in [0.1, 0.15) is 11.2 Å². The van der Waals surface area contributed by atoms with Crippen molar-refractivity contribution in [2.45, 2.75) is 0 Å². The molecule has 0 atom stereocenters. The molecule has 0 saturated heterocycles. The third-order valence-corrected chi connectivity index (χ3v) is 7.77. The lowest BCUT2D eigenvalue weighted by Crippen LogP contribution is -2.00. The first-order chi connectivity index (χ1) is 21.3. The van der Waals surface area contributed by atoms with Crippen LogP contribution in [0.3, 0.4) is 0 Å². The summed E-state index contributed by atoms with van der Waals surface area (Å²) in [5.41, 5.74) is 8.85. The van der Waals surface area contributed by atoms with E-state index >= 15 is 0 Å². The first-order valence-electron chi connectivity index (χ1n) is 14.3. The van der Waals surface area contributed by atoms with E-state index in [-0.39, 0.29) is 0 Å². The van der Waals surface area contributed by atoms with Gasteiger partial charge in [-0.05, 0) is 34.9 Å². The van der Waals surface area contributed by atoms with E-state index in [1.54, 1.807) is 0 Å². The molecule has 0 aliphatic heterocycles. The fourth-order valence-corrected chi connectivity index (χ4v) is 5.64. The Balaban J connectivity index is 1.35. The highest BCUT2D eigenvalue weighted by atomic mass is 16.3. The molecule has 0 aliphatic rings. The van der Waals surface area contributed by atoms with Gasteiger partial charge >= 0.3 is 0 Å². The van der Waals surface area contributed by atoms with Crippen molar-refractivity contribution in [2.75, 3.05) is 0 Å². The van der Waals surface area contributed by atoms with Crippen molar-refractivity contribution in [3.05, 3.63) is 152 Å². The lowest BCUT2D eigenvalue weighted by atomic mass is 9.98. The summed E-state index contributed by atoms with van der Waals surface area (Å²) in [6.07, 6.45) is 0. The number of furan rings is 1. The number of rotatable bonds is 5. The zero-order valence-electron chi connectivity index (χ0n) is 23.2. The van der Waals surface area contributed by atoms with Crippen molar-refractivity contribution in [2.24, 2.45) is 0 Å². The van der Waals surface area contributed by atoms with Gasteiger partial charge in [-0.3, -0.25) is 0 Å². The van der Waals surface area contributed by atoms with Crippen LogP contribution in [0.15, 0.2) is 156 Å². The minimum Gasteiger partial charge on any atom is -0.455 e. The van der Waals surface area contributed by atoms with Crippen LogP contribution in [0.25, 0.3) is 78.4 Å². The highest BCUT2D eigenvalue weighted by molar-refractivity contribution is 6.15. The molecule has 202 valence electrons. The molecule has 0 N–H and O–H groups in total. The highest BCUT2D eigenvalue weighted by Crippen LogP contribution is 2.41. The topological polar surface area (TPSA) is 51.8 Å². The van der Waals surface area contributed by atoms with Gasteiger partial charge in [0.25, 0.3) is 0 Å². The van der Waals surface area contributed by atoms with Crippen molar-refractivity contribution in [3.8, 4) is 56.4 Å². The second kappa shape index (κ2) is 10.5. The van der Waals surface area contributed by atoms with Crippen molar-refractivity contribution < 1.29 is 4.42 Å². The molecule has 43 heavy (non-hydrogen) atoms. The van der Waals surface area contributed by atoms with Crippen LogP contribution in [0.5, 0.6) is 0 Å². The molecule has 0 aliphatic carbocycles. The predicted molar refractivity (Wildman–Crippen MR) is 174 cm³/mol. The Kier molecular flexibility index (Phi) is 6.08. The molecule has 0 radical (unpaired) electrons. The quantitative estimate of drug-likeness (QED) is 0.214. The Labute approximate surface area is 249 Å². The lowest BCUT2D eigenvalue weighted by Gasteiger charge is -2.11. The van der Waals surface area contributed by atoms with Gasteiger partial charge in [-0.15, -0.1) is 0 Å². The zero-order chi connectivity index (χ0) is 28.6. The third-order valence-electron chi connectivity index (χ3n) is 7.77. The molecule has 4 nitrogen and oxygen atoms in total. The van der Waals surface area contributed by atoms with E-state index in [1.165, 1.54) is 5.56 Å². The number of aromatic nitrogens is 3. The Hall–Kier alpha value is -5.87. The van der Waals surface area contributed by atoms with Gasteiger partial charge < -0.3 is 4.42 Å². The van der Waals surface area contributed by atoms with Crippen molar-refractivity contribution in [1.29, 1.82) is 0 Å². The number of hydrogen-bond donors (Lipinski definition) is 0. The maximum absolute atomic E-state index is 6.51. The van der Waals surface area contributed by atoms with E-state index in [2.05, 4.69) is 78.9 Å². The van der Waals surface area contributed by atoms with Gasteiger partial charge in [-0.2, -0.15) is 0 Å². The molecule has 6 aromatic carbocycles. The van der Waals surface area contributed by atoms with Crippen LogP contribution in [-0.2, 0) is 0 Å². The molecule has 0 fully saturated rings. The molecule has 0 spiro atoms. The highest BCUT2D eigenvalue weighted by Gasteiger charge is 2.20. The van der Waals surface area contributed by atoms with E-state index in [9.17, 15) is 0 Å². The van der Waals surface area contributed by atoms with Crippen LogP contribution in [0.4, 0.5) is 0 Å². The third kappa shape index (κ3) is 4.55. The van der Waals surface area contributed by atoms with Crippen LogP contribution in [0.1, 0.15) is 0 Å². The normalized spacial score (nSPS) is 11.3. The van der Waals surface area contributed by atoms with Gasteiger partial charge in [0.05, 0.1) is 0 Å². The standard InChI is InChI=1S/C39H25N3O/c1-4-12-26(13-5-1)27-20-22-30(23-21-27)38-40-37(29-16-8-3-9-17-29)41-39(42-38)33-25-24-31(28-14-6-2-7-15-28)36-35(33)32-18-10-11-19-34(32)43-36/h1-25H. The molecule has 8 aromatic rings. The minimum absolute atomic E-state index is 0.604. The minimum atomic E-state index is 0.604. The molecule has 0 bridgehead atoms. The predicted octanol–water partition coefficient (Wildman–Crippen LogP) is 10.1. The number of para-hydroxylation sites is 1. The smallest absolute Gasteiger partial charge is 0.164 e. The van der Waals surface area contributed by atoms with Crippen molar-refractivity contribution >= 4 is 21.9 Å².